The third-order valence-corrected chi connectivity index (χ3v) is 22.6. The molecule has 3 aliphatic heterocycles. The van der Waals surface area contributed by atoms with Crippen molar-refractivity contribution in [2.45, 2.75) is 158 Å². The van der Waals surface area contributed by atoms with Crippen LogP contribution in [0.5, 0.6) is 28.7 Å². The molecule has 4 fully saturated rings. The van der Waals surface area contributed by atoms with E-state index < -0.39 is 47.3 Å². The summed E-state index contributed by atoms with van der Waals surface area (Å²) in [6.45, 7) is 1.56. The number of Topliss-reactive ketones (excluding diaryl/α,β-unsaturated/α-hetero) is 1. The van der Waals surface area contributed by atoms with E-state index >= 15 is 4.79 Å². The summed E-state index contributed by atoms with van der Waals surface area (Å²) >= 11 is 0. The number of rotatable bonds is 11. The fourth-order valence-corrected chi connectivity index (χ4v) is 19.1. The van der Waals surface area contributed by atoms with Crippen LogP contribution >= 0.6 is 0 Å². The molecule has 1 saturated heterocycles. The first-order valence-corrected chi connectivity index (χ1v) is 33.0. The summed E-state index contributed by atoms with van der Waals surface area (Å²) in [6.07, 6.45) is 7.54. The predicted octanol–water partition coefficient (Wildman–Crippen LogP) is 9.82. The van der Waals surface area contributed by atoms with E-state index in [1.54, 1.807) is 24.3 Å². The SMILES string of the molecule is COc1cc2c(cc1O)C1=CC3CC4(CC(CCCO)C5(C4)NC(C(C)O)CC4CCc6ccc(O)cc6-c6cc7[nH]ccc7n6C45)C4CC(O)CCC4C3C2CC(=O)CC(C(O)Cc2ccc(O)c(OCCO)c2)OC(=O)CC#CCc2c1[nH]c1ccccc21. The minimum absolute atomic E-state index is 0.00917. The molecule has 7 aliphatic rings. The number of nitrogens with zero attached hydrogens (tertiary/aromatic N) is 1. The van der Waals surface area contributed by atoms with Gasteiger partial charge in [0.05, 0.1) is 60.5 Å². The number of benzene rings is 4. The molecule has 11 N–H and O–H groups in total. The number of H-pyrrole nitrogens is 2. The molecule has 17 nitrogen and oxygen atoms in total. The van der Waals surface area contributed by atoms with Crippen LogP contribution in [0.3, 0.4) is 0 Å². The minimum Gasteiger partial charge on any atom is -0.508 e. The number of aromatic hydroxyl groups is 3. The molecule has 7 aromatic rings. The van der Waals surface area contributed by atoms with Crippen molar-refractivity contribution >= 4 is 39.3 Å². The summed E-state index contributed by atoms with van der Waals surface area (Å²) in [5, 5.41) is 96.2. The van der Waals surface area contributed by atoms with E-state index in [0.717, 1.165) is 92.4 Å². The van der Waals surface area contributed by atoms with Gasteiger partial charge in [0.1, 0.15) is 30.7 Å². The van der Waals surface area contributed by atoms with Crippen LogP contribution < -0.4 is 14.8 Å². The average molecular weight is 1240 g/mol. The Morgan fingerprint density at radius 2 is 1.70 bits per heavy atom. The lowest BCUT2D eigenvalue weighted by Crippen LogP contribution is -2.66. The predicted molar refractivity (Wildman–Crippen MR) is 343 cm³/mol. The monoisotopic (exact) mass is 1240 g/mol. The number of hydrogen-bond acceptors (Lipinski definition) is 14. The number of cyclic esters (lactones) is 1. The molecule has 14 rings (SSSR count). The molecule has 3 aromatic heterocycles. The second kappa shape index (κ2) is 24.5. The zero-order chi connectivity index (χ0) is 63.0. The Morgan fingerprint density at radius 1 is 0.857 bits per heavy atom. The third-order valence-electron chi connectivity index (χ3n) is 22.6. The summed E-state index contributed by atoms with van der Waals surface area (Å²) < 4.78 is 20.3. The zero-order valence-electron chi connectivity index (χ0n) is 51.7. The van der Waals surface area contributed by atoms with Crippen LogP contribution in [0, 0.1) is 52.8 Å². The quantitative estimate of drug-likeness (QED) is 0.0425. The first-order chi connectivity index (χ1) is 44.1. The lowest BCUT2D eigenvalue weighted by atomic mass is 9.47. The van der Waals surface area contributed by atoms with Crippen molar-refractivity contribution in [3.63, 3.8) is 0 Å². The van der Waals surface area contributed by atoms with Crippen molar-refractivity contribution in [3.05, 3.63) is 131 Å². The first kappa shape index (κ1) is 61.0. The maximum absolute atomic E-state index is 15.7. The molecule has 0 radical (unpaired) electrons. The molecule has 4 aliphatic carbocycles. The van der Waals surface area contributed by atoms with Crippen LogP contribution in [-0.2, 0) is 33.6 Å². The van der Waals surface area contributed by atoms with Gasteiger partial charge in [-0.25, -0.2) is 0 Å². The number of para-hydroxylation sites is 1. The number of ketones is 1. The standard InChI is InChI=1S/C74H84N4O13/c1-40(81)59-29-43-15-14-42-16-17-46(82)30-52(42)62-36-60-61(21-22-75-60)78(62)72(43)74(77-59)39-73(38-45(74)8-7-23-79)37-44-28-56-53-34-65(87)66(89-2)35-54(53)55(70(44)51-19-18-47(83)32-57(51)73)31-48(84)33-68(64(86)26-41-13-20-63(85)67(27-41)90-25-24-80)91-69(88)12-6-4-10-50-49-9-3-5-11-58(49)76-71(50)56/h3,5,9,11,13,16-17,20-22,27-28,30,34-36,40,43-45,47,51,55,57,59,64,68,70,72,75-77,79-83,85-87H,7-8,10,12,14-15,18-19,23-26,29,31-33,37-39H2,1-2H3. The van der Waals surface area contributed by atoms with Crippen molar-refractivity contribution in [2.75, 3.05) is 26.9 Å². The van der Waals surface area contributed by atoms with Gasteiger partial charge in [-0.05, 0) is 207 Å². The Balaban J connectivity index is 0.955. The molecule has 17 heteroatoms. The first-order valence-electron chi connectivity index (χ1n) is 33.0. The highest BCUT2D eigenvalue weighted by atomic mass is 16.6. The third kappa shape index (κ3) is 10.9. The van der Waals surface area contributed by atoms with E-state index in [1.165, 1.54) is 13.2 Å². The molecule has 2 spiro atoms. The number of nitrogens with one attached hydrogen (secondary N) is 3. The lowest BCUT2D eigenvalue weighted by Gasteiger charge is -2.59. The maximum atomic E-state index is 15.7. The number of esters is 1. The second-order valence-corrected chi connectivity index (χ2v) is 27.7. The van der Waals surface area contributed by atoms with Crippen LogP contribution in [0.4, 0.5) is 0 Å². The van der Waals surface area contributed by atoms with Gasteiger partial charge in [0, 0.05) is 72.1 Å². The smallest absolute Gasteiger partial charge is 0.318 e. The van der Waals surface area contributed by atoms with Crippen LogP contribution in [0.2, 0.25) is 0 Å². The van der Waals surface area contributed by atoms with E-state index in [2.05, 4.69) is 62.0 Å². The normalized spacial score (nSPS) is 30.2. The number of aromatic nitrogens is 3. The average Bonchev–Trinajstić information content (AvgIpc) is 1.54. The fourth-order valence-electron chi connectivity index (χ4n) is 19.1. The highest BCUT2D eigenvalue weighted by Crippen LogP contribution is 2.71. The summed E-state index contributed by atoms with van der Waals surface area (Å²) in [4.78, 5) is 37.1. The van der Waals surface area contributed by atoms with Crippen molar-refractivity contribution in [1.29, 1.82) is 0 Å². The number of ether oxygens (including phenoxy) is 3. The molecule has 15 unspecified atom stereocenters. The van der Waals surface area contributed by atoms with Gasteiger partial charge in [-0.2, -0.15) is 0 Å². The van der Waals surface area contributed by atoms with Crippen molar-refractivity contribution in [3.8, 4) is 51.8 Å². The molecule has 0 amide bonds. The summed E-state index contributed by atoms with van der Waals surface area (Å²) in [5.74, 6) is 4.79. The van der Waals surface area contributed by atoms with Crippen molar-refractivity contribution < 1.29 is 64.7 Å². The van der Waals surface area contributed by atoms with Crippen LogP contribution in [0.1, 0.15) is 136 Å². The number of carbonyl (C=O) groups excluding carboxylic acids is 2. The number of phenolic OH excluding ortho intramolecular Hbond substituents is 3. The summed E-state index contributed by atoms with van der Waals surface area (Å²) in [7, 11) is 1.52. The molecule has 15 atom stereocenters. The lowest BCUT2D eigenvalue weighted by molar-refractivity contribution is -0.155. The Hall–Kier alpha value is -7.56. The number of allylic oxidation sites excluding steroid dienone is 1. The van der Waals surface area contributed by atoms with Gasteiger partial charge in [-0.15, -0.1) is 0 Å². The number of methoxy groups -OCH3 is 1. The van der Waals surface area contributed by atoms with Gasteiger partial charge in [0.2, 0.25) is 0 Å². The van der Waals surface area contributed by atoms with Gasteiger partial charge in [-0.1, -0.05) is 48.2 Å². The van der Waals surface area contributed by atoms with Crippen LogP contribution in [0.15, 0.2) is 97.2 Å². The minimum atomic E-state index is -1.38. The topological polar surface area (TPSA) is 272 Å². The zero-order valence-corrected chi connectivity index (χ0v) is 51.7. The summed E-state index contributed by atoms with van der Waals surface area (Å²) in [6, 6.07) is 26.1. The van der Waals surface area contributed by atoms with E-state index in [9.17, 15) is 45.6 Å². The molecule has 2 bridgehead atoms. The van der Waals surface area contributed by atoms with Gasteiger partial charge >= 0.3 is 5.97 Å². The molecule has 6 heterocycles. The number of hydrogen-bond donors (Lipinski definition) is 11. The number of phenols is 3. The number of aliphatic hydroxyl groups is 5. The number of carbonyl (C=O) groups is 2. The fraction of sp³-hybridized carbons (Fsp3) is 0.486. The summed E-state index contributed by atoms with van der Waals surface area (Å²) in [5.41, 5.74) is 9.67. The van der Waals surface area contributed by atoms with E-state index in [1.807, 2.05) is 43.5 Å². The van der Waals surface area contributed by atoms with Crippen molar-refractivity contribution in [2.24, 2.45) is 40.9 Å². The maximum Gasteiger partial charge on any atom is 0.318 e. The van der Waals surface area contributed by atoms with Crippen LogP contribution in [0.25, 0.3) is 38.8 Å². The number of aliphatic hydroxyl groups excluding tert-OH is 5. The second-order valence-electron chi connectivity index (χ2n) is 27.7. The largest absolute Gasteiger partial charge is 0.508 e. The van der Waals surface area contributed by atoms with Gasteiger partial charge in [0.25, 0.3) is 0 Å². The van der Waals surface area contributed by atoms with E-state index in [0.29, 0.717) is 50.5 Å². The molecule has 91 heavy (non-hydrogen) atoms. The van der Waals surface area contributed by atoms with Gasteiger partial charge in [-0.3, -0.25) is 9.59 Å². The number of aromatic amines is 2. The van der Waals surface area contributed by atoms with Crippen molar-refractivity contribution in [1.82, 2.24) is 19.9 Å². The van der Waals surface area contributed by atoms with Gasteiger partial charge in [0.15, 0.2) is 23.0 Å². The number of fused-ring (bicyclic) bond motifs is 17. The van der Waals surface area contributed by atoms with E-state index in [-0.39, 0.29) is 134 Å². The Kier molecular flexibility index (Phi) is 16.4. The molecular formula is C74H84N4O13. The van der Waals surface area contributed by atoms with Gasteiger partial charge < -0.3 is 74.9 Å². The Labute approximate surface area is 529 Å². The van der Waals surface area contributed by atoms with Crippen LogP contribution in [-0.4, -0.2) is 130 Å². The molecule has 478 valence electrons. The highest BCUT2D eigenvalue weighted by molar-refractivity contribution is 5.95. The number of piperidine rings is 1. The molecule has 4 aromatic carbocycles. The highest BCUT2D eigenvalue weighted by Gasteiger charge is 2.68. The number of aryl methyl sites for hydroxylation is 1. The molecular weight excluding hydrogens is 1150 g/mol. The molecule has 3 saturated carbocycles. The Morgan fingerprint density at radius 3 is 2.53 bits per heavy atom. The Bertz CT molecular complexity index is 4020. The van der Waals surface area contributed by atoms with E-state index in [4.69, 9.17) is 14.2 Å².